The van der Waals surface area contributed by atoms with Gasteiger partial charge < -0.3 is 4.74 Å². The Morgan fingerprint density at radius 3 is 2.64 bits per heavy atom. The summed E-state index contributed by atoms with van der Waals surface area (Å²) in [5.74, 6) is 0.856. The molecule has 0 atom stereocenters. The zero-order valence-electron chi connectivity index (χ0n) is 7.77. The van der Waals surface area contributed by atoms with Crippen molar-refractivity contribution in [2.24, 2.45) is 0 Å². The summed E-state index contributed by atoms with van der Waals surface area (Å²) in [6.07, 6.45) is 2.00. The first-order chi connectivity index (χ1) is 6.83. The molecule has 0 radical (unpaired) electrons. The van der Waals surface area contributed by atoms with Gasteiger partial charge in [-0.25, -0.2) is 0 Å². The van der Waals surface area contributed by atoms with Gasteiger partial charge in [0.25, 0.3) is 0 Å². The molecule has 0 N–H and O–H groups in total. The highest BCUT2D eigenvalue weighted by molar-refractivity contribution is 14.1. The van der Waals surface area contributed by atoms with Crippen LogP contribution in [0.1, 0.15) is 0 Å². The van der Waals surface area contributed by atoms with Crippen molar-refractivity contribution in [3.05, 3.63) is 46.2 Å². The standard InChI is InChI=1S/C11H10INO/c1-14-11-7-4-8-13(11)10-6-3-2-5-9(10)12/h2-8H,1H3. The van der Waals surface area contributed by atoms with Crippen LogP contribution in [-0.2, 0) is 0 Å². The second kappa shape index (κ2) is 4.04. The van der Waals surface area contributed by atoms with Gasteiger partial charge in [-0.2, -0.15) is 0 Å². The van der Waals surface area contributed by atoms with Gasteiger partial charge in [-0.1, -0.05) is 12.1 Å². The van der Waals surface area contributed by atoms with E-state index in [1.165, 1.54) is 3.57 Å². The Bertz CT molecular complexity index is 436. The second-order valence-electron chi connectivity index (χ2n) is 2.87. The van der Waals surface area contributed by atoms with Crippen molar-refractivity contribution in [1.29, 1.82) is 0 Å². The van der Waals surface area contributed by atoms with Crippen molar-refractivity contribution in [3.63, 3.8) is 0 Å². The number of para-hydroxylation sites is 1. The number of rotatable bonds is 2. The topological polar surface area (TPSA) is 14.2 Å². The quantitative estimate of drug-likeness (QED) is 0.777. The van der Waals surface area contributed by atoms with Crippen molar-refractivity contribution in [3.8, 4) is 11.6 Å². The molecule has 72 valence electrons. The first kappa shape index (κ1) is 9.58. The van der Waals surface area contributed by atoms with Crippen LogP contribution in [0, 0.1) is 3.57 Å². The van der Waals surface area contributed by atoms with E-state index in [9.17, 15) is 0 Å². The number of ether oxygens (including phenoxy) is 1. The fourth-order valence-electron chi connectivity index (χ4n) is 1.38. The van der Waals surface area contributed by atoms with Crippen molar-refractivity contribution in [2.75, 3.05) is 7.11 Å². The lowest BCUT2D eigenvalue weighted by Crippen LogP contribution is -1.97. The van der Waals surface area contributed by atoms with E-state index < -0.39 is 0 Å². The highest BCUT2D eigenvalue weighted by Crippen LogP contribution is 2.22. The highest BCUT2D eigenvalue weighted by atomic mass is 127. The maximum Gasteiger partial charge on any atom is 0.197 e. The lowest BCUT2D eigenvalue weighted by atomic mass is 10.3. The molecule has 14 heavy (non-hydrogen) atoms. The van der Waals surface area contributed by atoms with E-state index in [0.29, 0.717) is 0 Å². The molecule has 0 aliphatic heterocycles. The van der Waals surface area contributed by atoms with Crippen LogP contribution < -0.4 is 4.74 Å². The SMILES string of the molecule is COc1cccn1-c1ccccc1I. The van der Waals surface area contributed by atoms with E-state index in [2.05, 4.69) is 34.7 Å². The molecule has 0 bridgehead atoms. The lowest BCUT2D eigenvalue weighted by Gasteiger charge is -2.09. The maximum absolute atomic E-state index is 5.25. The summed E-state index contributed by atoms with van der Waals surface area (Å²) in [4.78, 5) is 0. The van der Waals surface area contributed by atoms with Crippen LogP contribution in [0.5, 0.6) is 5.88 Å². The highest BCUT2D eigenvalue weighted by Gasteiger charge is 2.04. The largest absolute Gasteiger partial charge is 0.482 e. The molecule has 2 nitrogen and oxygen atoms in total. The fourth-order valence-corrected chi connectivity index (χ4v) is 2.02. The molecule has 1 heterocycles. The van der Waals surface area contributed by atoms with Crippen molar-refractivity contribution >= 4 is 22.6 Å². The summed E-state index contributed by atoms with van der Waals surface area (Å²) >= 11 is 2.32. The summed E-state index contributed by atoms with van der Waals surface area (Å²) in [7, 11) is 1.68. The minimum atomic E-state index is 0.856. The van der Waals surface area contributed by atoms with Gasteiger partial charge in [0, 0.05) is 15.8 Å². The third kappa shape index (κ3) is 1.64. The number of hydrogen-bond donors (Lipinski definition) is 0. The first-order valence-electron chi connectivity index (χ1n) is 4.29. The van der Waals surface area contributed by atoms with Crippen LogP contribution in [-0.4, -0.2) is 11.7 Å². The van der Waals surface area contributed by atoms with Crippen LogP contribution in [0.25, 0.3) is 5.69 Å². The number of hydrogen-bond acceptors (Lipinski definition) is 1. The average molecular weight is 299 g/mol. The molecule has 2 rings (SSSR count). The predicted octanol–water partition coefficient (Wildman–Crippen LogP) is 3.09. The molecule has 1 aromatic carbocycles. The second-order valence-corrected chi connectivity index (χ2v) is 4.03. The lowest BCUT2D eigenvalue weighted by molar-refractivity contribution is 0.390. The molecule has 0 saturated carbocycles. The number of halogens is 1. The average Bonchev–Trinajstić information content (AvgIpc) is 2.66. The van der Waals surface area contributed by atoms with Gasteiger partial charge in [0.2, 0.25) is 0 Å². The third-order valence-electron chi connectivity index (χ3n) is 2.03. The van der Waals surface area contributed by atoms with E-state index in [1.807, 2.05) is 35.0 Å². The summed E-state index contributed by atoms with van der Waals surface area (Å²) in [6.45, 7) is 0. The molecule has 2 aromatic rings. The molecule has 0 saturated heterocycles. The van der Waals surface area contributed by atoms with Crippen LogP contribution in [0.15, 0.2) is 42.6 Å². The Kier molecular flexibility index (Phi) is 2.77. The number of nitrogens with zero attached hydrogens (tertiary/aromatic N) is 1. The van der Waals surface area contributed by atoms with Gasteiger partial charge >= 0.3 is 0 Å². The monoisotopic (exact) mass is 299 g/mol. The zero-order valence-corrected chi connectivity index (χ0v) is 9.93. The molecule has 0 aliphatic carbocycles. The van der Waals surface area contributed by atoms with Gasteiger partial charge in [0.1, 0.15) is 0 Å². The first-order valence-corrected chi connectivity index (χ1v) is 5.37. The van der Waals surface area contributed by atoms with Gasteiger partial charge in [-0.3, -0.25) is 4.57 Å². The van der Waals surface area contributed by atoms with Crippen LogP contribution in [0.2, 0.25) is 0 Å². The summed E-state index contributed by atoms with van der Waals surface area (Å²) < 4.78 is 8.49. The molecule has 0 unspecified atom stereocenters. The van der Waals surface area contributed by atoms with Crippen molar-refractivity contribution in [2.45, 2.75) is 0 Å². The van der Waals surface area contributed by atoms with Crippen LogP contribution in [0.3, 0.4) is 0 Å². The minimum Gasteiger partial charge on any atom is -0.482 e. The third-order valence-corrected chi connectivity index (χ3v) is 2.94. The van der Waals surface area contributed by atoms with Gasteiger partial charge in [0.05, 0.1) is 12.8 Å². The molecule has 0 aliphatic rings. The van der Waals surface area contributed by atoms with Gasteiger partial charge in [-0.05, 0) is 40.8 Å². The minimum absolute atomic E-state index is 0.856. The Balaban J connectivity index is 2.54. The van der Waals surface area contributed by atoms with E-state index in [-0.39, 0.29) is 0 Å². The molecular formula is C11H10INO. The maximum atomic E-state index is 5.25. The van der Waals surface area contributed by atoms with Gasteiger partial charge in [0.15, 0.2) is 5.88 Å². The summed E-state index contributed by atoms with van der Waals surface area (Å²) in [5.41, 5.74) is 1.15. The Morgan fingerprint density at radius 1 is 1.14 bits per heavy atom. The van der Waals surface area contributed by atoms with E-state index in [0.717, 1.165) is 11.6 Å². The Labute approximate surface area is 96.6 Å². The fraction of sp³-hybridized carbons (Fsp3) is 0.0909. The predicted molar refractivity (Wildman–Crippen MR) is 65.0 cm³/mol. The molecule has 3 heteroatoms. The van der Waals surface area contributed by atoms with E-state index in [4.69, 9.17) is 4.74 Å². The van der Waals surface area contributed by atoms with E-state index >= 15 is 0 Å². The molecular weight excluding hydrogens is 289 g/mol. The molecule has 0 fully saturated rings. The number of benzene rings is 1. The Morgan fingerprint density at radius 2 is 1.93 bits per heavy atom. The Hall–Kier alpha value is -0.970. The van der Waals surface area contributed by atoms with Crippen LogP contribution in [0.4, 0.5) is 0 Å². The zero-order chi connectivity index (χ0) is 9.97. The van der Waals surface area contributed by atoms with Gasteiger partial charge in [-0.15, -0.1) is 0 Å². The summed E-state index contributed by atoms with van der Waals surface area (Å²) in [6, 6.07) is 12.1. The normalized spacial score (nSPS) is 10.1. The van der Waals surface area contributed by atoms with Crippen LogP contribution >= 0.6 is 22.6 Å². The molecule has 0 spiro atoms. The summed E-state index contributed by atoms with van der Waals surface area (Å²) in [5, 5.41) is 0. The van der Waals surface area contributed by atoms with Crippen molar-refractivity contribution < 1.29 is 4.74 Å². The molecule has 0 amide bonds. The molecule has 1 aromatic heterocycles. The number of aromatic nitrogens is 1. The smallest absolute Gasteiger partial charge is 0.197 e. The van der Waals surface area contributed by atoms with Crippen molar-refractivity contribution in [1.82, 2.24) is 4.57 Å². The number of methoxy groups -OCH3 is 1. The van der Waals surface area contributed by atoms with E-state index in [1.54, 1.807) is 7.11 Å².